The number of phenols is 2. The van der Waals surface area contributed by atoms with Crippen molar-refractivity contribution in [3.05, 3.63) is 59.7 Å². The normalized spacial score (nSPS) is 13.9. The van der Waals surface area contributed by atoms with Crippen molar-refractivity contribution < 1.29 is 14.9 Å². The van der Waals surface area contributed by atoms with Crippen LogP contribution in [0.25, 0.3) is 0 Å². The fraction of sp³-hybridized carbons (Fsp3) is 0.200. The van der Waals surface area contributed by atoms with Gasteiger partial charge in [0.15, 0.2) is 0 Å². The summed E-state index contributed by atoms with van der Waals surface area (Å²) in [7, 11) is 0. The predicted octanol–water partition coefficient (Wildman–Crippen LogP) is 2.34. The number of hydrogen-bond acceptors (Lipinski definition) is 5. The molecule has 2 aromatic rings. The summed E-state index contributed by atoms with van der Waals surface area (Å²) in [6, 6.07) is 13.4. The van der Waals surface area contributed by atoms with E-state index in [9.17, 15) is 10.2 Å². The first-order valence-electron chi connectivity index (χ1n) is 6.29. The molecule has 0 fully saturated rings. The molecular formula is C15H18N2O3. The van der Waals surface area contributed by atoms with Gasteiger partial charge in [0.05, 0.1) is 6.10 Å². The highest BCUT2D eigenvalue weighted by atomic mass is 16.5. The Morgan fingerprint density at radius 3 is 1.80 bits per heavy atom. The fourth-order valence-electron chi connectivity index (χ4n) is 1.89. The summed E-state index contributed by atoms with van der Waals surface area (Å²) in [5.74, 6) is 5.92. The van der Waals surface area contributed by atoms with Crippen LogP contribution in [0.3, 0.4) is 0 Å². The Bertz CT molecular complexity index is 540. The molecule has 0 aliphatic carbocycles. The van der Waals surface area contributed by atoms with Gasteiger partial charge in [0.1, 0.15) is 17.7 Å². The van der Waals surface area contributed by atoms with E-state index in [1.165, 1.54) is 0 Å². The van der Waals surface area contributed by atoms with Crippen molar-refractivity contribution in [2.75, 3.05) is 0 Å². The molecule has 20 heavy (non-hydrogen) atoms. The standard InChI is InChI=1S/C15H18N2O3/c1-10(11-2-6-13(18)7-3-11)20-15(17-16)12-4-8-14(19)9-5-12/h2-10,15,17-19H,16H2,1H3. The number of hydrazine groups is 1. The number of nitrogens with one attached hydrogen (secondary N) is 1. The summed E-state index contributed by atoms with van der Waals surface area (Å²) in [6.45, 7) is 1.90. The lowest BCUT2D eigenvalue weighted by Gasteiger charge is -2.22. The minimum Gasteiger partial charge on any atom is -0.508 e. The molecule has 0 bridgehead atoms. The van der Waals surface area contributed by atoms with E-state index in [4.69, 9.17) is 10.6 Å². The lowest BCUT2D eigenvalue weighted by atomic mass is 10.1. The minimum atomic E-state index is -0.487. The molecule has 0 amide bonds. The van der Waals surface area contributed by atoms with Gasteiger partial charge in [-0.25, -0.2) is 5.43 Å². The first kappa shape index (κ1) is 14.3. The number of hydrogen-bond donors (Lipinski definition) is 4. The fourth-order valence-corrected chi connectivity index (χ4v) is 1.89. The average molecular weight is 274 g/mol. The first-order valence-corrected chi connectivity index (χ1v) is 6.29. The molecule has 0 saturated heterocycles. The summed E-state index contributed by atoms with van der Waals surface area (Å²) in [5, 5.41) is 18.6. The largest absolute Gasteiger partial charge is 0.508 e. The van der Waals surface area contributed by atoms with Crippen LogP contribution in [0.4, 0.5) is 0 Å². The molecule has 5 nitrogen and oxygen atoms in total. The van der Waals surface area contributed by atoms with Crippen LogP contribution in [0.15, 0.2) is 48.5 Å². The second kappa shape index (κ2) is 6.38. The Balaban J connectivity index is 2.09. The lowest BCUT2D eigenvalue weighted by molar-refractivity contribution is -0.0248. The van der Waals surface area contributed by atoms with Crippen molar-refractivity contribution in [3.8, 4) is 11.5 Å². The smallest absolute Gasteiger partial charge is 0.147 e. The average Bonchev–Trinajstić information content (AvgIpc) is 2.46. The highest BCUT2D eigenvalue weighted by Crippen LogP contribution is 2.26. The van der Waals surface area contributed by atoms with Gasteiger partial charge in [-0.05, 0) is 42.3 Å². The Morgan fingerprint density at radius 2 is 1.35 bits per heavy atom. The van der Waals surface area contributed by atoms with Crippen molar-refractivity contribution >= 4 is 0 Å². The first-order chi connectivity index (χ1) is 9.60. The van der Waals surface area contributed by atoms with Crippen molar-refractivity contribution in [2.45, 2.75) is 19.3 Å². The number of aromatic hydroxyl groups is 2. The monoisotopic (exact) mass is 274 g/mol. The number of benzene rings is 2. The molecule has 2 rings (SSSR count). The molecule has 106 valence electrons. The van der Waals surface area contributed by atoms with Gasteiger partial charge in [0.25, 0.3) is 0 Å². The van der Waals surface area contributed by atoms with Crippen LogP contribution in [-0.2, 0) is 4.74 Å². The van der Waals surface area contributed by atoms with Crippen molar-refractivity contribution in [2.24, 2.45) is 5.84 Å². The van der Waals surface area contributed by atoms with Crippen LogP contribution in [0.5, 0.6) is 11.5 Å². The van der Waals surface area contributed by atoms with Gasteiger partial charge in [0.2, 0.25) is 0 Å². The maximum absolute atomic E-state index is 9.28. The maximum Gasteiger partial charge on any atom is 0.147 e. The van der Waals surface area contributed by atoms with Crippen LogP contribution < -0.4 is 11.3 Å². The van der Waals surface area contributed by atoms with Crippen LogP contribution in [0, 0.1) is 0 Å². The van der Waals surface area contributed by atoms with Gasteiger partial charge in [-0.2, -0.15) is 0 Å². The van der Waals surface area contributed by atoms with E-state index in [-0.39, 0.29) is 17.6 Å². The topological polar surface area (TPSA) is 87.7 Å². The third-order valence-electron chi connectivity index (χ3n) is 3.05. The molecule has 0 aliphatic rings. The van der Waals surface area contributed by atoms with E-state index in [1.54, 1.807) is 48.5 Å². The molecule has 0 radical (unpaired) electrons. The van der Waals surface area contributed by atoms with Crippen molar-refractivity contribution in [3.63, 3.8) is 0 Å². The van der Waals surface area contributed by atoms with E-state index < -0.39 is 6.23 Å². The second-order valence-electron chi connectivity index (χ2n) is 4.51. The van der Waals surface area contributed by atoms with Crippen LogP contribution in [-0.4, -0.2) is 10.2 Å². The van der Waals surface area contributed by atoms with Crippen LogP contribution in [0.2, 0.25) is 0 Å². The van der Waals surface area contributed by atoms with Gasteiger partial charge in [-0.1, -0.05) is 24.3 Å². The highest BCUT2D eigenvalue weighted by molar-refractivity contribution is 5.28. The number of phenolic OH excluding ortho intramolecular Hbond substituents is 2. The summed E-state index contributed by atoms with van der Waals surface area (Å²) in [6.07, 6.45) is -0.690. The third-order valence-corrected chi connectivity index (χ3v) is 3.05. The summed E-state index contributed by atoms with van der Waals surface area (Å²) < 4.78 is 5.85. The van der Waals surface area contributed by atoms with Crippen LogP contribution in [0.1, 0.15) is 30.4 Å². The summed E-state index contributed by atoms with van der Waals surface area (Å²) in [5.41, 5.74) is 4.34. The van der Waals surface area contributed by atoms with E-state index >= 15 is 0 Å². The zero-order valence-electron chi connectivity index (χ0n) is 11.2. The van der Waals surface area contributed by atoms with E-state index in [1.807, 2.05) is 6.92 Å². The molecule has 5 N–H and O–H groups in total. The van der Waals surface area contributed by atoms with E-state index in [2.05, 4.69) is 5.43 Å². The predicted molar refractivity (Wildman–Crippen MR) is 75.8 cm³/mol. The molecule has 2 aromatic carbocycles. The third kappa shape index (κ3) is 3.48. The summed E-state index contributed by atoms with van der Waals surface area (Å²) >= 11 is 0. The Morgan fingerprint density at radius 1 is 0.900 bits per heavy atom. The van der Waals surface area contributed by atoms with Crippen molar-refractivity contribution in [1.29, 1.82) is 0 Å². The molecule has 0 spiro atoms. The van der Waals surface area contributed by atoms with Crippen molar-refractivity contribution in [1.82, 2.24) is 5.43 Å². The SMILES string of the molecule is CC(OC(NN)c1ccc(O)cc1)c1ccc(O)cc1. The Kier molecular flexibility index (Phi) is 4.57. The molecule has 5 heteroatoms. The Hall–Kier alpha value is -2.08. The minimum absolute atomic E-state index is 0.191. The molecule has 0 aliphatic heterocycles. The molecular weight excluding hydrogens is 256 g/mol. The number of nitrogens with two attached hydrogens (primary N) is 1. The van der Waals surface area contributed by atoms with Gasteiger partial charge < -0.3 is 14.9 Å². The molecule has 2 atom stereocenters. The highest BCUT2D eigenvalue weighted by Gasteiger charge is 2.15. The van der Waals surface area contributed by atoms with Gasteiger partial charge in [-0.15, -0.1) is 0 Å². The molecule has 0 saturated carbocycles. The zero-order valence-corrected chi connectivity index (χ0v) is 11.2. The van der Waals surface area contributed by atoms with E-state index in [0.717, 1.165) is 11.1 Å². The molecule has 2 unspecified atom stereocenters. The Labute approximate surface area is 117 Å². The second-order valence-corrected chi connectivity index (χ2v) is 4.51. The zero-order chi connectivity index (χ0) is 14.5. The quantitative estimate of drug-likeness (QED) is 0.382. The number of rotatable bonds is 5. The number of ether oxygens (including phenoxy) is 1. The molecule has 0 aromatic heterocycles. The van der Waals surface area contributed by atoms with Gasteiger partial charge in [0, 0.05) is 0 Å². The lowest BCUT2D eigenvalue weighted by Crippen LogP contribution is -2.30. The van der Waals surface area contributed by atoms with Gasteiger partial charge in [-0.3, -0.25) is 5.84 Å². The maximum atomic E-state index is 9.28. The van der Waals surface area contributed by atoms with Gasteiger partial charge >= 0.3 is 0 Å². The molecule has 0 heterocycles. The van der Waals surface area contributed by atoms with Crippen LogP contribution >= 0.6 is 0 Å². The summed E-state index contributed by atoms with van der Waals surface area (Å²) in [4.78, 5) is 0. The van der Waals surface area contributed by atoms with E-state index in [0.29, 0.717) is 0 Å².